The van der Waals surface area contributed by atoms with Crippen molar-refractivity contribution in [2.45, 2.75) is 13.0 Å². The zero-order valence-electron chi connectivity index (χ0n) is 15.0. The van der Waals surface area contributed by atoms with Crippen LogP contribution in [0.2, 0.25) is 0 Å². The lowest BCUT2D eigenvalue weighted by Gasteiger charge is -2.29. The lowest BCUT2D eigenvalue weighted by atomic mass is 10.2. The monoisotopic (exact) mass is 487 g/mol. The van der Waals surface area contributed by atoms with Crippen molar-refractivity contribution < 1.29 is 4.74 Å². The molecule has 0 radical (unpaired) electrons. The molecule has 0 amide bonds. The molecule has 3 rings (SSSR count). The number of nitrogens with zero attached hydrogens (tertiary/aromatic N) is 3. The summed E-state index contributed by atoms with van der Waals surface area (Å²) in [7, 11) is 1.80. The van der Waals surface area contributed by atoms with Crippen molar-refractivity contribution in [1.29, 1.82) is 0 Å². The Hall–Kier alpha value is -1.39. The number of rotatable bonds is 6. The summed E-state index contributed by atoms with van der Waals surface area (Å²) < 4.78 is 5.44. The van der Waals surface area contributed by atoms with Gasteiger partial charge in [-0.25, -0.2) is 4.98 Å². The second kappa shape index (κ2) is 11.3. The highest BCUT2D eigenvalue weighted by molar-refractivity contribution is 14.0. The van der Waals surface area contributed by atoms with Crippen molar-refractivity contribution in [3.8, 4) is 0 Å². The minimum Gasteiger partial charge on any atom is -0.378 e. The lowest BCUT2D eigenvalue weighted by Crippen LogP contribution is -2.40. The predicted molar refractivity (Wildman–Crippen MR) is 119 cm³/mol. The fourth-order valence-corrected chi connectivity index (χ4v) is 3.50. The number of halogens is 1. The minimum atomic E-state index is 0. The molecule has 1 saturated heterocycles. The number of hydrogen-bond acceptors (Lipinski definition) is 5. The molecule has 0 aromatic carbocycles. The van der Waals surface area contributed by atoms with Gasteiger partial charge in [-0.15, -0.1) is 35.3 Å². The Morgan fingerprint density at radius 3 is 2.85 bits per heavy atom. The molecule has 0 saturated carbocycles. The van der Waals surface area contributed by atoms with E-state index in [1.54, 1.807) is 18.4 Å². The molecule has 1 aliphatic heterocycles. The van der Waals surface area contributed by atoms with Gasteiger partial charge in [-0.05, 0) is 23.9 Å². The number of anilines is 1. The summed E-state index contributed by atoms with van der Waals surface area (Å²) in [5, 5.41) is 8.87. The van der Waals surface area contributed by atoms with E-state index >= 15 is 0 Å². The summed E-state index contributed by atoms with van der Waals surface area (Å²) >= 11 is 1.79. The number of aromatic nitrogens is 1. The number of guanidine groups is 1. The number of pyridine rings is 1. The van der Waals surface area contributed by atoms with Gasteiger partial charge in [0.05, 0.1) is 13.2 Å². The highest BCUT2D eigenvalue weighted by Crippen LogP contribution is 2.18. The SMILES string of the molecule is CN=C(NCCc1cccs1)NCc1cccnc1N1CCOCC1.I. The number of aliphatic imine (C=N–C) groups is 1. The van der Waals surface area contributed by atoms with Crippen molar-refractivity contribution in [1.82, 2.24) is 15.6 Å². The van der Waals surface area contributed by atoms with Crippen LogP contribution in [0.3, 0.4) is 0 Å². The van der Waals surface area contributed by atoms with E-state index in [0.717, 1.165) is 51.0 Å². The van der Waals surface area contributed by atoms with Gasteiger partial charge in [0.15, 0.2) is 5.96 Å². The molecule has 6 nitrogen and oxygen atoms in total. The van der Waals surface area contributed by atoms with Gasteiger partial charge in [0.25, 0.3) is 0 Å². The molecule has 3 heterocycles. The van der Waals surface area contributed by atoms with E-state index in [4.69, 9.17) is 4.74 Å². The fourth-order valence-electron chi connectivity index (χ4n) is 2.79. The van der Waals surface area contributed by atoms with E-state index in [2.05, 4.69) is 49.1 Å². The van der Waals surface area contributed by atoms with E-state index in [9.17, 15) is 0 Å². The molecule has 2 aromatic heterocycles. The Morgan fingerprint density at radius 2 is 2.12 bits per heavy atom. The van der Waals surface area contributed by atoms with Crippen LogP contribution < -0.4 is 15.5 Å². The van der Waals surface area contributed by atoms with Crippen molar-refractivity contribution >= 4 is 47.1 Å². The standard InChI is InChI=1S/C18H25N5OS.HI/c1-19-18(21-8-6-16-5-3-13-25-16)22-14-15-4-2-7-20-17(15)23-9-11-24-12-10-23;/h2-5,7,13H,6,8-12,14H2,1H3,(H2,19,21,22);1H. The van der Waals surface area contributed by atoms with Crippen LogP contribution in [0.25, 0.3) is 0 Å². The first-order valence-electron chi connectivity index (χ1n) is 8.60. The molecule has 2 aromatic rings. The molecular weight excluding hydrogens is 461 g/mol. The van der Waals surface area contributed by atoms with E-state index in [1.807, 2.05) is 12.3 Å². The first-order chi connectivity index (χ1) is 12.4. The summed E-state index contributed by atoms with van der Waals surface area (Å²) in [6.07, 6.45) is 2.85. The third-order valence-electron chi connectivity index (χ3n) is 4.09. The summed E-state index contributed by atoms with van der Waals surface area (Å²) in [6, 6.07) is 8.34. The predicted octanol–water partition coefficient (Wildman–Crippen LogP) is 2.51. The molecule has 8 heteroatoms. The van der Waals surface area contributed by atoms with Gasteiger partial charge in [-0.2, -0.15) is 0 Å². The molecule has 142 valence electrons. The molecule has 1 fully saturated rings. The van der Waals surface area contributed by atoms with Gasteiger partial charge in [0.2, 0.25) is 0 Å². The van der Waals surface area contributed by atoms with Crippen LogP contribution in [0.15, 0.2) is 40.8 Å². The van der Waals surface area contributed by atoms with E-state index in [0.29, 0.717) is 6.54 Å². The highest BCUT2D eigenvalue weighted by atomic mass is 127. The van der Waals surface area contributed by atoms with Crippen molar-refractivity contribution in [2.24, 2.45) is 4.99 Å². The molecule has 1 aliphatic rings. The zero-order chi connectivity index (χ0) is 17.3. The van der Waals surface area contributed by atoms with Crippen LogP contribution in [-0.4, -0.2) is 50.8 Å². The number of ether oxygens (including phenoxy) is 1. The first kappa shape index (κ1) is 20.9. The minimum absolute atomic E-state index is 0. The quantitative estimate of drug-likeness (QED) is 0.373. The van der Waals surface area contributed by atoms with Crippen LogP contribution in [0.5, 0.6) is 0 Å². The lowest BCUT2D eigenvalue weighted by molar-refractivity contribution is 0.122. The van der Waals surface area contributed by atoms with Gasteiger partial charge >= 0.3 is 0 Å². The molecular formula is C18H26IN5OS. The average Bonchev–Trinajstić information content (AvgIpc) is 3.19. The van der Waals surface area contributed by atoms with Crippen LogP contribution in [0.4, 0.5) is 5.82 Å². The second-order valence-electron chi connectivity index (χ2n) is 5.77. The summed E-state index contributed by atoms with van der Waals surface area (Å²) in [4.78, 5) is 12.5. The molecule has 0 spiro atoms. The molecule has 0 atom stereocenters. The maximum Gasteiger partial charge on any atom is 0.191 e. The number of nitrogens with one attached hydrogen (secondary N) is 2. The van der Waals surface area contributed by atoms with Crippen molar-refractivity contribution in [2.75, 3.05) is 44.8 Å². The number of morpholine rings is 1. The Balaban J connectivity index is 0.00000243. The van der Waals surface area contributed by atoms with Crippen LogP contribution in [-0.2, 0) is 17.7 Å². The molecule has 2 N–H and O–H groups in total. The normalized spacial score (nSPS) is 14.7. The van der Waals surface area contributed by atoms with E-state index in [-0.39, 0.29) is 24.0 Å². The Morgan fingerprint density at radius 1 is 1.27 bits per heavy atom. The highest BCUT2D eigenvalue weighted by Gasteiger charge is 2.15. The van der Waals surface area contributed by atoms with Crippen LogP contribution in [0.1, 0.15) is 10.4 Å². The Bertz CT molecular complexity index is 674. The van der Waals surface area contributed by atoms with Crippen LogP contribution >= 0.6 is 35.3 Å². The smallest absolute Gasteiger partial charge is 0.191 e. The summed E-state index contributed by atoms with van der Waals surface area (Å²) in [5.74, 6) is 1.85. The fraction of sp³-hybridized carbons (Fsp3) is 0.444. The van der Waals surface area contributed by atoms with Crippen molar-refractivity contribution in [3.63, 3.8) is 0 Å². The van der Waals surface area contributed by atoms with Crippen LogP contribution in [0, 0.1) is 0 Å². The van der Waals surface area contributed by atoms with Crippen molar-refractivity contribution in [3.05, 3.63) is 46.3 Å². The molecule has 0 unspecified atom stereocenters. The molecule has 26 heavy (non-hydrogen) atoms. The third-order valence-corrected chi connectivity index (χ3v) is 5.03. The number of thiophene rings is 1. The van der Waals surface area contributed by atoms with E-state index < -0.39 is 0 Å². The number of hydrogen-bond donors (Lipinski definition) is 2. The second-order valence-corrected chi connectivity index (χ2v) is 6.80. The average molecular weight is 487 g/mol. The first-order valence-corrected chi connectivity index (χ1v) is 9.48. The van der Waals surface area contributed by atoms with E-state index in [1.165, 1.54) is 10.4 Å². The topological polar surface area (TPSA) is 61.8 Å². The van der Waals surface area contributed by atoms with Gasteiger partial charge < -0.3 is 20.3 Å². The Labute approximate surface area is 176 Å². The summed E-state index contributed by atoms with van der Waals surface area (Å²) in [5.41, 5.74) is 1.17. The maximum atomic E-state index is 5.44. The largest absolute Gasteiger partial charge is 0.378 e. The zero-order valence-corrected chi connectivity index (χ0v) is 18.1. The molecule has 0 bridgehead atoms. The van der Waals surface area contributed by atoms with Gasteiger partial charge in [0, 0.05) is 49.9 Å². The maximum absolute atomic E-state index is 5.44. The third kappa shape index (κ3) is 6.10. The molecule has 0 aliphatic carbocycles. The van der Waals surface area contributed by atoms with Gasteiger partial charge in [0.1, 0.15) is 5.82 Å². The van der Waals surface area contributed by atoms with Gasteiger partial charge in [-0.1, -0.05) is 12.1 Å². The van der Waals surface area contributed by atoms with Gasteiger partial charge in [-0.3, -0.25) is 4.99 Å². The Kier molecular flexibility index (Phi) is 9.13. The summed E-state index contributed by atoms with van der Waals surface area (Å²) in [6.45, 7) is 4.85.